The Kier molecular flexibility index (Phi) is 8.91. The Labute approximate surface area is 316 Å². The highest BCUT2D eigenvalue weighted by Crippen LogP contribution is 2.39. The predicted molar refractivity (Wildman–Crippen MR) is 203 cm³/mol. The van der Waals surface area contributed by atoms with E-state index in [1.165, 1.54) is 12.4 Å². The minimum Gasteiger partial charge on any atom is -0.462 e. The van der Waals surface area contributed by atoms with Crippen LogP contribution in [-0.2, 0) is 16.6 Å². The third-order valence-corrected chi connectivity index (χ3v) is 12.1. The van der Waals surface area contributed by atoms with Gasteiger partial charge >= 0.3 is 6.01 Å². The molecule has 280 valence electrons. The van der Waals surface area contributed by atoms with Crippen LogP contribution in [0.2, 0.25) is 0 Å². The summed E-state index contributed by atoms with van der Waals surface area (Å²) in [5.74, 6) is 2.54. The molecule has 0 amide bonds. The lowest BCUT2D eigenvalue weighted by Gasteiger charge is -2.34. The molecule has 55 heavy (non-hydrogen) atoms. The fourth-order valence-electron chi connectivity index (χ4n) is 7.64. The number of likely N-dealkylation sites (N-methyl/N-ethyl adjacent to an activating group) is 1. The minimum atomic E-state index is -3.85. The molecule has 6 aromatic rings. The van der Waals surface area contributed by atoms with Crippen LogP contribution in [0.1, 0.15) is 48.6 Å². The summed E-state index contributed by atoms with van der Waals surface area (Å²) in [4.78, 5) is 22.4. The number of nitrogens with one attached hydrogen (secondary N) is 1. The van der Waals surface area contributed by atoms with E-state index in [1.807, 2.05) is 11.9 Å². The van der Waals surface area contributed by atoms with Gasteiger partial charge in [-0.05, 0) is 61.9 Å². The number of hydrogen-bond donors (Lipinski definition) is 1. The van der Waals surface area contributed by atoms with Crippen LogP contribution in [0, 0.1) is 24.0 Å². The highest BCUT2D eigenvalue weighted by Gasteiger charge is 2.34. The molecular weight excluding hydrogens is 725 g/mol. The summed E-state index contributed by atoms with van der Waals surface area (Å²) >= 11 is 0. The zero-order valence-corrected chi connectivity index (χ0v) is 30.8. The molecule has 5 heterocycles. The van der Waals surface area contributed by atoms with Crippen molar-refractivity contribution in [3.8, 4) is 29.6 Å². The van der Waals surface area contributed by atoms with Crippen molar-refractivity contribution in [2.45, 2.75) is 55.1 Å². The number of terminal acetylenes is 1. The van der Waals surface area contributed by atoms with Crippen LogP contribution >= 0.6 is 0 Å². The molecule has 2 aliphatic heterocycles. The molecule has 0 spiro atoms. The molecule has 3 aliphatic rings. The van der Waals surface area contributed by atoms with Gasteiger partial charge < -0.3 is 15.0 Å². The SMILES string of the molecule is C#Cc1c(F)ccc2cccc(-c3ncc4c(N5C[C@H]6CC[C@@H](C5)N6)nc(OCCN(C)Cc5ccc(S(=O)(=O)n6cnc(C7CC7)n6)cc5)nc4c3F)c12. The lowest BCUT2D eigenvalue weighted by molar-refractivity contribution is 0.221. The van der Waals surface area contributed by atoms with Gasteiger partial charge in [0.1, 0.15) is 35.8 Å². The molecular formula is C40H37F2N9O3S. The van der Waals surface area contributed by atoms with Gasteiger partial charge in [-0.1, -0.05) is 42.3 Å². The average Bonchev–Trinajstić information content (AvgIpc) is 3.81. The summed E-state index contributed by atoms with van der Waals surface area (Å²) < 4.78 is 64.9. The van der Waals surface area contributed by atoms with E-state index >= 15 is 4.39 Å². The van der Waals surface area contributed by atoms with Crippen LogP contribution in [0.4, 0.5) is 14.6 Å². The molecule has 3 fully saturated rings. The Morgan fingerprint density at radius 2 is 1.78 bits per heavy atom. The number of aromatic nitrogens is 6. The Morgan fingerprint density at radius 1 is 1.00 bits per heavy atom. The monoisotopic (exact) mass is 761 g/mol. The molecule has 3 aromatic carbocycles. The minimum absolute atomic E-state index is 0.000899. The highest BCUT2D eigenvalue weighted by molar-refractivity contribution is 7.89. The van der Waals surface area contributed by atoms with E-state index in [0.29, 0.717) is 71.6 Å². The van der Waals surface area contributed by atoms with E-state index in [9.17, 15) is 12.8 Å². The van der Waals surface area contributed by atoms with Gasteiger partial charge in [-0.25, -0.2) is 13.8 Å². The molecule has 15 heteroatoms. The first-order chi connectivity index (χ1) is 26.7. The number of nitrogens with zero attached hydrogens (tertiary/aromatic N) is 8. The van der Waals surface area contributed by atoms with Gasteiger partial charge in [0, 0.05) is 61.3 Å². The van der Waals surface area contributed by atoms with Gasteiger partial charge in [-0.3, -0.25) is 9.88 Å². The maximum absolute atomic E-state index is 16.8. The first-order valence-electron chi connectivity index (χ1n) is 18.3. The predicted octanol–water partition coefficient (Wildman–Crippen LogP) is 5.26. The van der Waals surface area contributed by atoms with E-state index in [-0.39, 0.29) is 40.2 Å². The third kappa shape index (κ3) is 6.64. The summed E-state index contributed by atoms with van der Waals surface area (Å²) in [6, 6.07) is 15.4. The summed E-state index contributed by atoms with van der Waals surface area (Å²) in [6.07, 6.45) is 12.6. The van der Waals surface area contributed by atoms with Gasteiger partial charge in [0.05, 0.1) is 15.8 Å². The standard InChI is InChI=1S/C40H37F2N9O3S/c1-3-30-33(41)16-11-25-5-4-6-31(34(25)30)36-35(42)37-32(19-43-36)39(50-21-27-12-13-28(22-50)45-27)47-40(46-37)54-18-17-49(2)20-24-7-14-29(15-8-24)55(52,53)51-23-44-38(48-51)26-9-10-26/h1,4-8,11,14-16,19,23,26-28,45H,9-10,12-13,17-18,20-22H2,2H3/t27-,28+. The zero-order chi connectivity index (χ0) is 37.8. The largest absolute Gasteiger partial charge is 0.462 e. The van der Waals surface area contributed by atoms with Gasteiger partial charge in [0.15, 0.2) is 11.6 Å². The van der Waals surface area contributed by atoms with Crippen LogP contribution in [0.15, 0.2) is 72.0 Å². The smallest absolute Gasteiger partial charge is 0.319 e. The quantitative estimate of drug-likeness (QED) is 0.174. The Balaban J connectivity index is 0.960. The van der Waals surface area contributed by atoms with E-state index in [4.69, 9.17) is 16.1 Å². The molecule has 3 aromatic heterocycles. The number of fused-ring (bicyclic) bond motifs is 4. The number of rotatable bonds is 11. The second-order valence-corrected chi connectivity index (χ2v) is 16.3. The molecule has 0 radical (unpaired) electrons. The lowest BCUT2D eigenvalue weighted by Crippen LogP contribution is -2.51. The lowest BCUT2D eigenvalue weighted by atomic mass is 9.96. The maximum atomic E-state index is 16.8. The van der Waals surface area contributed by atoms with Gasteiger partial charge in [0.2, 0.25) is 0 Å². The molecule has 2 saturated heterocycles. The van der Waals surface area contributed by atoms with Gasteiger partial charge in [0.25, 0.3) is 10.0 Å². The van der Waals surface area contributed by atoms with Crippen molar-refractivity contribution >= 4 is 37.5 Å². The second-order valence-electron chi connectivity index (χ2n) is 14.5. The van der Waals surface area contributed by atoms with Crippen LogP contribution in [-0.4, -0.2) is 87.8 Å². The fourth-order valence-corrected chi connectivity index (χ4v) is 8.70. The highest BCUT2D eigenvalue weighted by atomic mass is 32.2. The fraction of sp³-hybridized carbons (Fsp3) is 0.325. The van der Waals surface area contributed by atoms with Crippen LogP contribution in [0.3, 0.4) is 0 Å². The topological polar surface area (TPSA) is 131 Å². The summed E-state index contributed by atoms with van der Waals surface area (Å²) in [7, 11) is -1.93. The number of hydrogen-bond acceptors (Lipinski definition) is 11. The molecule has 12 nitrogen and oxygen atoms in total. The van der Waals surface area contributed by atoms with E-state index < -0.39 is 21.7 Å². The number of anilines is 1. The number of piperazine rings is 1. The second kappa shape index (κ2) is 13.9. The Hall–Kier alpha value is -5.56. The van der Waals surface area contributed by atoms with Crippen molar-refractivity contribution in [2.75, 3.05) is 38.2 Å². The third-order valence-electron chi connectivity index (χ3n) is 10.6. The van der Waals surface area contributed by atoms with E-state index in [0.717, 1.165) is 35.3 Å². The van der Waals surface area contributed by atoms with Crippen molar-refractivity contribution in [1.29, 1.82) is 0 Å². The molecule has 2 atom stereocenters. The average molecular weight is 762 g/mol. The molecule has 1 aliphatic carbocycles. The number of pyridine rings is 1. The Bertz CT molecular complexity index is 2600. The maximum Gasteiger partial charge on any atom is 0.319 e. The first kappa shape index (κ1) is 35.2. The summed E-state index contributed by atoms with van der Waals surface area (Å²) in [5.41, 5.74) is 1.35. The van der Waals surface area contributed by atoms with Gasteiger partial charge in [-0.15, -0.1) is 15.6 Å². The normalized spacial score (nSPS) is 18.3. The van der Waals surface area contributed by atoms with Crippen LogP contribution in [0.25, 0.3) is 32.9 Å². The molecule has 0 unspecified atom stereocenters. The van der Waals surface area contributed by atoms with Crippen molar-refractivity contribution in [1.82, 2.24) is 39.3 Å². The van der Waals surface area contributed by atoms with Gasteiger partial charge in [-0.2, -0.15) is 18.4 Å². The summed E-state index contributed by atoms with van der Waals surface area (Å²) in [6.45, 7) is 2.58. The molecule has 9 rings (SSSR count). The van der Waals surface area contributed by atoms with Crippen molar-refractivity contribution in [2.24, 2.45) is 0 Å². The van der Waals surface area contributed by atoms with Crippen LogP contribution in [0.5, 0.6) is 6.01 Å². The van der Waals surface area contributed by atoms with Crippen molar-refractivity contribution < 1.29 is 21.9 Å². The Morgan fingerprint density at radius 3 is 2.53 bits per heavy atom. The summed E-state index contributed by atoms with van der Waals surface area (Å²) in [5, 5.41) is 9.33. The number of benzene rings is 3. The molecule has 2 bridgehead atoms. The zero-order valence-electron chi connectivity index (χ0n) is 30.0. The van der Waals surface area contributed by atoms with E-state index in [2.05, 4.69) is 36.2 Å². The molecule has 1 saturated carbocycles. The van der Waals surface area contributed by atoms with E-state index in [1.54, 1.807) is 54.7 Å². The van der Waals surface area contributed by atoms with Crippen molar-refractivity contribution in [3.05, 3.63) is 95.7 Å². The molecule has 1 N–H and O–H groups in total. The number of halogens is 2. The van der Waals surface area contributed by atoms with Crippen LogP contribution < -0.4 is 15.0 Å². The first-order valence-corrected chi connectivity index (χ1v) is 19.7. The van der Waals surface area contributed by atoms with Crippen molar-refractivity contribution in [3.63, 3.8) is 0 Å². The number of ether oxygens (including phenoxy) is 1.